The highest BCUT2D eigenvalue weighted by molar-refractivity contribution is 5.94. The van der Waals surface area contributed by atoms with E-state index >= 15 is 0 Å². The fourth-order valence-corrected chi connectivity index (χ4v) is 5.74. The van der Waals surface area contributed by atoms with E-state index in [0.717, 1.165) is 25.7 Å². The van der Waals surface area contributed by atoms with Crippen LogP contribution in [0.15, 0.2) is 60.2 Å². The van der Waals surface area contributed by atoms with Crippen LogP contribution < -0.4 is 10.6 Å². The molecule has 0 saturated heterocycles. The van der Waals surface area contributed by atoms with Gasteiger partial charge in [0.25, 0.3) is 0 Å². The van der Waals surface area contributed by atoms with Crippen molar-refractivity contribution in [2.24, 2.45) is 7.05 Å². The van der Waals surface area contributed by atoms with Gasteiger partial charge < -0.3 is 4.57 Å². The van der Waals surface area contributed by atoms with Crippen LogP contribution in [0, 0.1) is 0 Å². The fourth-order valence-electron chi connectivity index (χ4n) is 5.74. The van der Waals surface area contributed by atoms with Crippen LogP contribution in [-0.4, -0.2) is 4.57 Å². The number of hydrogen-bond acceptors (Lipinski definition) is 0. The zero-order chi connectivity index (χ0) is 18.9. The summed E-state index contributed by atoms with van der Waals surface area (Å²) in [5.41, 5.74) is 8.63. The first-order valence-corrected chi connectivity index (χ1v) is 10.5. The Balaban J connectivity index is 1.76. The topological polar surface area (TPSA) is 4.93 Å². The smallest absolute Gasteiger partial charge is 0.0494 e. The summed E-state index contributed by atoms with van der Waals surface area (Å²) >= 11 is 0. The summed E-state index contributed by atoms with van der Waals surface area (Å²) in [5, 5.41) is 4.24. The molecule has 1 nitrogen and oxygen atoms in total. The highest BCUT2D eigenvalue weighted by atomic mass is 14.9. The minimum absolute atomic E-state index is 0.0357. The van der Waals surface area contributed by atoms with Crippen LogP contribution in [0.4, 0.5) is 0 Å². The lowest BCUT2D eigenvalue weighted by Gasteiger charge is -2.32. The van der Waals surface area contributed by atoms with Gasteiger partial charge in [0.1, 0.15) is 0 Å². The Morgan fingerprint density at radius 2 is 1.79 bits per heavy atom. The number of hydrogen-bond donors (Lipinski definition) is 0. The van der Waals surface area contributed by atoms with E-state index in [2.05, 4.69) is 85.3 Å². The van der Waals surface area contributed by atoms with Gasteiger partial charge >= 0.3 is 0 Å². The number of nitrogens with zero attached hydrogens (tertiary/aromatic N) is 1. The molecule has 0 spiro atoms. The molecule has 3 aliphatic rings. The molecule has 0 N–H and O–H groups in total. The first-order valence-electron chi connectivity index (χ1n) is 10.5. The summed E-state index contributed by atoms with van der Waals surface area (Å²) in [6, 6.07) is 14.0. The maximum Gasteiger partial charge on any atom is 0.0494 e. The van der Waals surface area contributed by atoms with Crippen LogP contribution in [-0.2, 0) is 12.5 Å². The van der Waals surface area contributed by atoms with E-state index in [1.54, 1.807) is 5.57 Å². The summed E-state index contributed by atoms with van der Waals surface area (Å²) in [6.07, 6.45) is 16.3. The summed E-state index contributed by atoms with van der Waals surface area (Å²) in [4.78, 5) is 0. The second-order valence-electron chi connectivity index (χ2n) is 8.59. The molecular weight excluding hydrogens is 338 g/mol. The lowest BCUT2D eigenvalue weighted by atomic mass is 9.71. The van der Waals surface area contributed by atoms with Gasteiger partial charge in [0, 0.05) is 33.9 Å². The predicted molar refractivity (Wildman–Crippen MR) is 119 cm³/mol. The molecule has 0 saturated carbocycles. The van der Waals surface area contributed by atoms with Crippen molar-refractivity contribution in [1.82, 2.24) is 4.57 Å². The fraction of sp³-hybridized carbons (Fsp3) is 0.259. The summed E-state index contributed by atoms with van der Waals surface area (Å²) in [6.45, 7) is 2.44. The Labute approximate surface area is 166 Å². The van der Waals surface area contributed by atoms with Crippen LogP contribution in [0.25, 0.3) is 34.2 Å². The average Bonchev–Trinajstić information content (AvgIpc) is 3.19. The number of aryl methyl sites for hydroxylation is 1. The van der Waals surface area contributed by atoms with Gasteiger partial charge in [-0.25, -0.2) is 0 Å². The molecule has 2 aromatic carbocycles. The molecular formula is C27H25N. The Kier molecular flexibility index (Phi) is 3.24. The molecule has 3 aliphatic carbocycles. The number of rotatable bonds is 1. The molecule has 3 aromatic rings. The quantitative estimate of drug-likeness (QED) is 0.567. The largest absolute Gasteiger partial charge is 0.344 e. The highest BCUT2D eigenvalue weighted by Crippen LogP contribution is 2.54. The molecule has 138 valence electrons. The van der Waals surface area contributed by atoms with E-state index in [1.807, 2.05) is 0 Å². The molecule has 0 fully saturated rings. The zero-order valence-corrected chi connectivity index (χ0v) is 16.6. The molecule has 1 heteroatoms. The van der Waals surface area contributed by atoms with Crippen molar-refractivity contribution in [1.29, 1.82) is 0 Å². The normalized spacial score (nSPS) is 22.1. The molecule has 0 amide bonds. The maximum absolute atomic E-state index is 2.51. The average molecular weight is 364 g/mol. The molecule has 0 radical (unpaired) electrons. The van der Waals surface area contributed by atoms with Crippen molar-refractivity contribution >= 4 is 23.1 Å². The lowest BCUT2D eigenvalue weighted by molar-refractivity contribution is 0.650. The molecule has 1 atom stereocenters. The molecule has 1 unspecified atom stereocenters. The van der Waals surface area contributed by atoms with Gasteiger partial charge in [0.15, 0.2) is 0 Å². The second-order valence-corrected chi connectivity index (χ2v) is 8.59. The van der Waals surface area contributed by atoms with Crippen molar-refractivity contribution in [3.8, 4) is 11.1 Å². The van der Waals surface area contributed by atoms with Gasteiger partial charge in [-0.05, 0) is 67.0 Å². The van der Waals surface area contributed by atoms with E-state index in [4.69, 9.17) is 0 Å². The van der Waals surface area contributed by atoms with Crippen molar-refractivity contribution in [3.63, 3.8) is 0 Å². The van der Waals surface area contributed by atoms with Crippen molar-refractivity contribution in [2.45, 2.75) is 38.0 Å². The van der Waals surface area contributed by atoms with Crippen molar-refractivity contribution in [3.05, 3.63) is 81.9 Å². The Hall–Kier alpha value is -2.80. The summed E-state index contributed by atoms with van der Waals surface area (Å²) in [7, 11) is 2.22. The summed E-state index contributed by atoms with van der Waals surface area (Å²) < 4.78 is 2.39. The van der Waals surface area contributed by atoms with Gasteiger partial charge in [-0.15, -0.1) is 0 Å². The van der Waals surface area contributed by atoms with Gasteiger partial charge in [-0.1, -0.05) is 60.2 Å². The first kappa shape index (κ1) is 16.2. The first-order chi connectivity index (χ1) is 13.7. The third-order valence-electron chi connectivity index (χ3n) is 7.23. The van der Waals surface area contributed by atoms with Gasteiger partial charge in [0.05, 0.1) is 0 Å². The van der Waals surface area contributed by atoms with Crippen LogP contribution in [0.3, 0.4) is 0 Å². The number of aromatic nitrogens is 1. The number of allylic oxidation sites excluding steroid dienone is 4. The monoisotopic (exact) mass is 363 g/mol. The zero-order valence-electron chi connectivity index (χ0n) is 16.6. The van der Waals surface area contributed by atoms with E-state index in [-0.39, 0.29) is 5.41 Å². The molecule has 6 rings (SSSR count). The minimum Gasteiger partial charge on any atom is -0.344 e. The standard InChI is InChI=1S/C27H25N/c1-27(18-10-4-3-5-11-18)23-14-8-6-12-19(23)21-17-26-22(16-24(21)27)20-13-7-9-15-25(20)28(26)2/h3-4,6,8,10,12-17H,5,7,9,11H2,1-2H3. The van der Waals surface area contributed by atoms with Crippen LogP contribution in [0.1, 0.15) is 43.7 Å². The molecule has 0 aliphatic heterocycles. The van der Waals surface area contributed by atoms with Gasteiger partial charge in [0.2, 0.25) is 0 Å². The Morgan fingerprint density at radius 3 is 2.64 bits per heavy atom. The van der Waals surface area contributed by atoms with Gasteiger partial charge in [-0.2, -0.15) is 0 Å². The third kappa shape index (κ3) is 1.92. The van der Waals surface area contributed by atoms with E-state index < -0.39 is 0 Å². The molecule has 1 aromatic heterocycles. The lowest BCUT2D eigenvalue weighted by Crippen LogP contribution is -2.29. The number of benzene rings is 2. The van der Waals surface area contributed by atoms with E-state index in [1.165, 1.54) is 43.7 Å². The predicted octanol–water partition coefficient (Wildman–Crippen LogP) is 5.10. The van der Waals surface area contributed by atoms with E-state index in [9.17, 15) is 0 Å². The Morgan fingerprint density at radius 1 is 0.929 bits per heavy atom. The molecule has 1 heterocycles. The number of fused-ring (bicyclic) bond motifs is 6. The minimum atomic E-state index is -0.0357. The van der Waals surface area contributed by atoms with Gasteiger partial charge in [-0.3, -0.25) is 0 Å². The summed E-state index contributed by atoms with van der Waals surface area (Å²) in [5.74, 6) is 0. The maximum atomic E-state index is 2.51. The Bertz CT molecular complexity index is 1330. The van der Waals surface area contributed by atoms with Crippen molar-refractivity contribution < 1.29 is 0 Å². The van der Waals surface area contributed by atoms with Crippen LogP contribution >= 0.6 is 0 Å². The second kappa shape index (κ2) is 5.61. The SMILES string of the molecule is Cn1c2c(c3cc4c(cc31)-c1ccccc1C4(C)C1=CC=CCC1)=CCCC=2. The molecule has 0 bridgehead atoms. The van der Waals surface area contributed by atoms with Crippen molar-refractivity contribution in [2.75, 3.05) is 0 Å². The van der Waals surface area contributed by atoms with Crippen LogP contribution in [0.2, 0.25) is 0 Å². The third-order valence-corrected chi connectivity index (χ3v) is 7.23. The molecule has 28 heavy (non-hydrogen) atoms. The van der Waals surface area contributed by atoms with E-state index in [0.29, 0.717) is 0 Å². The highest BCUT2D eigenvalue weighted by Gasteiger charge is 2.42. The van der Waals surface area contributed by atoms with Crippen LogP contribution in [0.5, 0.6) is 0 Å².